The summed E-state index contributed by atoms with van der Waals surface area (Å²) in [6.07, 6.45) is 3.42. The normalized spacial score (nSPS) is 21.1. The average Bonchev–Trinajstić information content (AvgIpc) is 2.62. The maximum absolute atomic E-state index is 6.24. The summed E-state index contributed by atoms with van der Waals surface area (Å²) in [7, 11) is 0. The number of aryl methyl sites for hydroxylation is 1. The maximum Gasteiger partial charge on any atom is 0.122 e. The monoisotopic (exact) mass is 309 g/mol. The Kier molecular flexibility index (Phi) is 5.71. The van der Waals surface area contributed by atoms with Crippen molar-refractivity contribution in [2.45, 2.75) is 32.1 Å². The first kappa shape index (κ1) is 16.1. The molecule has 0 bridgehead atoms. The molecule has 23 heavy (non-hydrogen) atoms. The first-order chi connectivity index (χ1) is 11.4. The standard InChI is InChI=1S/C21H27NO/c1-2-8-18-11-6-7-12-21(18)23-16-19-15-22-14-13-20(19)17-9-4-3-5-10-17/h3-7,9-12,19-20,22H,2,8,13-16H2,1H3/t19-,20+/m0/s1. The van der Waals surface area contributed by atoms with E-state index < -0.39 is 0 Å². The molecule has 0 spiro atoms. The van der Waals surface area contributed by atoms with Crippen LogP contribution in [0.25, 0.3) is 0 Å². The van der Waals surface area contributed by atoms with E-state index in [4.69, 9.17) is 4.74 Å². The summed E-state index contributed by atoms with van der Waals surface area (Å²) in [5, 5.41) is 3.53. The highest BCUT2D eigenvalue weighted by Crippen LogP contribution is 2.31. The van der Waals surface area contributed by atoms with Gasteiger partial charge in [0.2, 0.25) is 0 Å². The van der Waals surface area contributed by atoms with Crippen LogP contribution < -0.4 is 10.1 Å². The van der Waals surface area contributed by atoms with Crippen LogP contribution in [0, 0.1) is 5.92 Å². The van der Waals surface area contributed by atoms with Crippen LogP contribution in [0.1, 0.15) is 36.8 Å². The largest absolute Gasteiger partial charge is 0.493 e. The van der Waals surface area contributed by atoms with Crippen LogP contribution in [0.15, 0.2) is 54.6 Å². The first-order valence-corrected chi connectivity index (χ1v) is 8.85. The van der Waals surface area contributed by atoms with Gasteiger partial charge in [-0.15, -0.1) is 0 Å². The Balaban J connectivity index is 1.68. The Labute approximate surface area is 139 Å². The van der Waals surface area contributed by atoms with Crippen molar-refractivity contribution in [2.24, 2.45) is 5.92 Å². The van der Waals surface area contributed by atoms with Crippen LogP contribution >= 0.6 is 0 Å². The Bertz CT molecular complexity index is 596. The molecular weight excluding hydrogens is 282 g/mol. The van der Waals surface area contributed by atoms with E-state index in [0.29, 0.717) is 11.8 Å². The van der Waals surface area contributed by atoms with Gasteiger partial charge in [-0.05, 0) is 42.5 Å². The van der Waals surface area contributed by atoms with Gasteiger partial charge in [-0.25, -0.2) is 0 Å². The summed E-state index contributed by atoms with van der Waals surface area (Å²) < 4.78 is 6.24. The lowest BCUT2D eigenvalue weighted by Gasteiger charge is -2.32. The SMILES string of the molecule is CCCc1ccccc1OC[C@@H]1CNCC[C@@H]1c1ccccc1. The third-order valence-corrected chi connectivity index (χ3v) is 4.78. The molecule has 2 aromatic carbocycles. The first-order valence-electron chi connectivity index (χ1n) is 8.85. The molecule has 0 aromatic heterocycles. The predicted molar refractivity (Wildman–Crippen MR) is 96.1 cm³/mol. The molecule has 3 rings (SSSR count). The molecule has 1 fully saturated rings. The number of hydrogen-bond donors (Lipinski definition) is 1. The van der Waals surface area contributed by atoms with Crippen molar-refractivity contribution >= 4 is 0 Å². The zero-order valence-corrected chi connectivity index (χ0v) is 14.0. The lowest BCUT2D eigenvalue weighted by Crippen LogP contribution is -2.38. The quantitative estimate of drug-likeness (QED) is 0.853. The van der Waals surface area contributed by atoms with Gasteiger partial charge in [-0.2, -0.15) is 0 Å². The van der Waals surface area contributed by atoms with Gasteiger partial charge in [-0.1, -0.05) is 61.9 Å². The van der Waals surface area contributed by atoms with Crippen molar-refractivity contribution in [2.75, 3.05) is 19.7 Å². The van der Waals surface area contributed by atoms with E-state index in [0.717, 1.165) is 38.3 Å². The lowest BCUT2D eigenvalue weighted by molar-refractivity contribution is 0.195. The predicted octanol–water partition coefficient (Wildman–Crippen LogP) is 4.41. The highest BCUT2D eigenvalue weighted by atomic mass is 16.5. The number of para-hydroxylation sites is 1. The number of rotatable bonds is 6. The number of nitrogens with one attached hydrogen (secondary N) is 1. The second-order valence-electron chi connectivity index (χ2n) is 6.44. The van der Waals surface area contributed by atoms with Crippen LogP contribution in [0.4, 0.5) is 0 Å². The molecule has 2 nitrogen and oxygen atoms in total. The lowest BCUT2D eigenvalue weighted by atomic mass is 9.81. The molecule has 122 valence electrons. The van der Waals surface area contributed by atoms with Crippen molar-refractivity contribution in [3.05, 3.63) is 65.7 Å². The van der Waals surface area contributed by atoms with Gasteiger partial charge >= 0.3 is 0 Å². The number of piperidine rings is 1. The fourth-order valence-electron chi connectivity index (χ4n) is 3.55. The number of hydrogen-bond acceptors (Lipinski definition) is 2. The topological polar surface area (TPSA) is 21.3 Å². The van der Waals surface area contributed by atoms with Crippen molar-refractivity contribution in [1.82, 2.24) is 5.32 Å². The molecule has 0 amide bonds. The van der Waals surface area contributed by atoms with E-state index in [1.165, 1.54) is 17.5 Å². The minimum Gasteiger partial charge on any atom is -0.493 e. The van der Waals surface area contributed by atoms with Crippen LogP contribution in [-0.2, 0) is 6.42 Å². The number of ether oxygens (including phenoxy) is 1. The molecule has 2 aromatic rings. The number of benzene rings is 2. The molecule has 1 N–H and O–H groups in total. The Morgan fingerprint density at radius 3 is 2.65 bits per heavy atom. The zero-order chi connectivity index (χ0) is 15.9. The Morgan fingerprint density at radius 2 is 1.83 bits per heavy atom. The second kappa shape index (κ2) is 8.16. The molecule has 0 aliphatic carbocycles. The van der Waals surface area contributed by atoms with Gasteiger partial charge in [0.05, 0.1) is 6.61 Å². The molecular formula is C21H27NO. The van der Waals surface area contributed by atoms with Crippen LogP contribution in [0.2, 0.25) is 0 Å². The molecule has 2 atom stereocenters. The van der Waals surface area contributed by atoms with E-state index >= 15 is 0 Å². The molecule has 0 radical (unpaired) electrons. The summed E-state index contributed by atoms with van der Waals surface area (Å²) in [4.78, 5) is 0. The third kappa shape index (κ3) is 4.14. The van der Waals surface area contributed by atoms with Crippen LogP contribution in [0.5, 0.6) is 5.75 Å². The Hall–Kier alpha value is -1.80. The van der Waals surface area contributed by atoms with Gasteiger partial charge in [0, 0.05) is 12.5 Å². The smallest absolute Gasteiger partial charge is 0.122 e. The van der Waals surface area contributed by atoms with Gasteiger partial charge in [0.25, 0.3) is 0 Å². The summed E-state index contributed by atoms with van der Waals surface area (Å²) >= 11 is 0. The fraction of sp³-hybridized carbons (Fsp3) is 0.429. The summed E-state index contributed by atoms with van der Waals surface area (Å²) in [5.41, 5.74) is 2.78. The highest BCUT2D eigenvalue weighted by Gasteiger charge is 2.27. The van der Waals surface area contributed by atoms with Gasteiger partial charge < -0.3 is 10.1 Å². The maximum atomic E-state index is 6.24. The summed E-state index contributed by atoms with van der Waals surface area (Å²) in [5.74, 6) is 2.18. The molecule has 1 aliphatic heterocycles. The van der Waals surface area contributed by atoms with Crippen molar-refractivity contribution in [1.29, 1.82) is 0 Å². The van der Waals surface area contributed by atoms with Gasteiger partial charge in [0.1, 0.15) is 5.75 Å². The average molecular weight is 309 g/mol. The molecule has 1 saturated heterocycles. The summed E-state index contributed by atoms with van der Waals surface area (Å²) in [6, 6.07) is 19.4. The zero-order valence-electron chi connectivity index (χ0n) is 14.0. The Morgan fingerprint density at radius 1 is 1.04 bits per heavy atom. The molecule has 0 saturated carbocycles. The minimum absolute atomic E-state index is 0.529. The second-order valence-corrected chi connectivity index (χ2v) is 6.44. The summed E-state index contributed by atoms with van der Waals surface area (Å²) in [6.45, 7) is 5.14. The van der Waals surface area contributed by atoms with E-state index in [2.05, 4.69) is 66.8 Å². The van der Waals surface area contributed by atoms with Crippen molar-refractivity contribution in [3.63, 3.8) is 0 Å². The van der Waals surface area contributed by atoms with E-state index in [1.807, 2.05) is 0 Å². The third-order valence-electron chi connectivity index (χ3n) is 4.78. The van der Waals surface area contributed by atoms with Crippen molar-refractivity contribution in [3.8, 4) is 5.75 Å². The molecule has 0 unspecified atom stereocenters. The van der Waals surface area contributed by atoms with Crippen LogP contribution in [-0.4, -0.2) is 19.7 Å². The van der Waals surface area contributed by atoms with E-state index in [9.17, 15) is 0 Å². The fourth-order valence-corrected chi connectivity index (χ4v) is 3.55. The minimum atomic E-state index is 0.529. The van der Waals surface area contributed by atoms with E-state index in [1.54, 1.807) is 0 Å². The highest BCUT2D eigenvalue weighted by molar-refractivity contribution is 5.33. The molecule has 2 heteroatoms. The van der Waals surface area contributed by atoms with E-state index in [-0.39, 0.29) is 0 Å². The molecule has 1 aliphatic rings. The molecule has 1 heterocycles. The van der Waals surface area contributed by atoms with Gasteiger partial charge in [-0.3, -0.25) is 0 Å². The van der Waals surface area contributed by atoms with Crippen LogP contribution in [0.3, 0.4) is 0 Å². The van der Waals surface area contributed by atoms with Gasteiger partial charge in [0.15, 0.2) is 0 Å². The van der Waals surface area contributed by atoms with Crippen molar-refractivity contribution < 1.29 is 4.74 Å².